The number of hydrogen-bond acceptors (Lipinski definition) is 4. The maximum atomic E-state index is 12.5. The van der Waals surface area contributed by atoms with Crippen molar-refractivity contribution in [1.82, 2.24) is 5.32 Å². The molecule has 3 atom stereocenters. The smallest absolute Gasteiger partial charge is 0.222 e. The normalized spacial score (nSPS) is 13.6. The predicted molar refractivity (Wildman–Crippen MR) is 241 cm³/mol. The van der Waals surface area contributed by atoms with Gasteiger partial charge < -0.3 is 20.6 Å². The molecule has 5 heteroatoms. The van der Waals surface area contributed by atoms with E-state index >= 15 is 0 Å². The zero-order valence-electron chi connectivity index (χ0n) is 37.1. The third-order valence-corrected chi connectivity index (χ3v) is 11.5. The minimum absolute atomic E-state index is 0.0149. The lowest BCUT2D eigenvalue weighted by Crippen LogP contribution is -2.45. The van der Waals surface area contributed by atoms with Gasteiger partial charge in [0.05, 0.1) is 31.3 Å². The van der Waals surface area contributed by atoms with Crippen molar-refractivity contribution in [2.45, 2.75) is 283 Å². The van der Waals surface area contributed by atoms with Crippen LogP contribution in [-0.4, -0.2) is 46.1 Å². The van der Waals surface area contributed by atoms with Crippen LogP contribution in [0.25, 0.3) is 0 Å². The van der Waals surface area contributed by atoms with E-state index < -0.39 is 18.2 Å². The second-order valence-electron chi connectivity index (χ2n) is 17.1. The summed E-state index contributed by atoms with van der Waals surface area (Å²) in [4.78, 5) is 12.5. The fourth-order valence-electron chi connectivity index (χ4n) is 7.69. The molecule has 0 spiro atoms. The minimum Gasteiger partial charge on any atom is -0.394 e. The third kappa shape index (κ3) is 42.3. The van der Waals surface area contributed by atoms with E-state index in [1.165, 1.54) is 212 Å². The average molecular weight is 776 g/mol. The first-order chi connectivity index (χ1) is 27.0. The van der Waals surface area contributed by atoms with Gasteiger partial charge in [-0.2, -0.15) is 0 Å². The van der Waals surface area contributed by atoms with Gasteiger partial charge in [-0.15, -0.1) is 0 Å². The topological polar surface area (TPSA) is 89.8 Å². The second kappa shape index (κ2) is 45.5. The molecule has 4 N–H and O–H groups in total. The highest BCUT2D eigenvalue weighted by Crippen LogP contribution is 2.16. The van der Waals surface area contributed by atoms with Crippen molar-refractivity contribution in [3.8, 4) is 0 Å². The van der Waals surface area contributed by atoms with E-state index in [2.05, 4.69) is 31.3 Å². The van der Waals surface area contributed by atoms with Gasteiger partial charge in [-0.25, -0.2) is 0 Å². The van der Waals surface area contributed by atoms with Crippen LogP contribution >= 0.6 is 0 Å². The summed E-state index contributed by atoms with van der Waals surface area (Å²) < 4.78 is 0. The molecule has 326 valence electrons. The van der Waals surface area contributed by atoms with Crippen LogP contribution in [0.5, 0.6) is 0 Å². The number of nitrogens with one attached hydrogen (secondary N) is 1. The van der Waals surface area contributed by atoms with Gasteiger partial charge in [0.2, 0.25) is 5.91 Å². The van der Waals surface area contributed by atoms with Crippen molar-refractivity contribution in [3.05, 3.63) is 24.3 Å². The van der Waals surface area contributed by atoms with Gasteiger partial charge in [0, 0.05) is 0 Å². The molecule has 0 bridgehead atoms. The van der Waals surface area contributed by atoms with Crippen LogP contribution in [0, 0.1) is 0 Å². The van der Waals surface area contributed by atoms with Crippen LogP contribution in [0.1, 0.15) is 264 Å². The Bertz CT molecular complexity index is 814. The summed E-state index contributed by atoms with van der Waals surface area (Å²) >= 11 is 0. The standard InChI is InChI=1S/C50H97NO4/c1-3-5-7-9-11-13-15-17-19-20-21-22-23-24-25-26-27-28-29-30-31-33-35-37-39-41-43-47(53)45-50(55)51-48(46-52)49(54)44-42-40-38-36-34-32-18-16-14-12-10-8-6-4-2/h24-25,42,44,47-49,52-54H,3-23,26-41,43,45-46H2,1-2H3,(H,51,55)/b25-24-,44-42+. The van der Waals surface area contributed by atoms with Crippen molar-refractivity contribution in [2.24, 2.45) is 0 Å². The molecule has 5 nitrogen and oxygen atoms in total. The molecule has 0 saturated carbocycles. The molecule has 0 aromatic heterocycles. The molecular formula is C50H97NO4. The maximum absolute atomic E-state index is 12.5. The summed E-state index contributed by atoms with van der Waals surface area (Å²) in [7, 11) is 0. The lowest BCUT2D eigenvalue weighted by molar-refractivity contribution is -0.124. The van der Waals surface area contributed by atoms with Crippen LogP contribution in [0.3, 0.4) is 0 Å². The summed E-state index contributed by atoms with van der Waals surface area (Å²) in [6.45, 7) is 4.23. The first-order valence-corrected chi connectivity index (χ1v) is 24.6. The third-order valence-electron chi connectivity index (χ3n) is 11.5. The van der Waals surface area contributed by atoms with Crippen molar-refractivity contribution in [1.29, 1.82) is 0 Å². The zero-order valence-corrected chi connectivity index (χ0v) is 37.1. The number of hydrogen-bond donors (Lipinski definition) is 4. The van der Waals surface area contributed by atoms with E-state index in [9.17, 15) is 20.1 Å². The summed E-state index contributed by atoms with van der Waals surface area (Å²) in [5, 5.41) is 33.3. The lowest BCUT2D eigenvalue weighted by atomic mass is 10.0. The van der Waals surface area contributed by atoms with Gasteiger partial charge >= 0.3 is 0 Å². The monoisotopic (exact) mass is 776 g/mol. The highest BCUT2D eigenvalue weighted by atomic mass is 16.3. The van der Waals surface area contributed by atoms with Crippen molar-refractivity contribution in [3.63, 3.8) is 0 Å². The van der Waals surface area contributed by atoms with Crippen LogP contribution in [-0.2, 0) is 4.79 Å². The van der Waals surface area contributed by atoms with Crippen molar-refractivity contribution < 1.29 is 20.1 Å². The molecule has 55 heavy (non-hydrogen) atoms. The summed E-state index contributed by atoms with van der Waals surface area (Å²) in [6, 6.07) is -0.742. The molecule has 0 fully saturated rings. The molecule has 0 saturated heterocycles. The van der Waals surface area contributed by atoms with E-state index in [1.807, 2.05) is 6.08 Å². The first-order valence-electron chi connectivity index (χ1n) is 24.6. The minimum atomic E-state index is -0.927. The van der Waals surface area contributed by atoms with Crippen LogP contribution in [0.4, 0.5) is 0 Å². The average Bonchev–Trinajstić information content (AvgIpc) is 3.18. The van der Waals surface area contributed by atoms with Gasteiger partial charge in [-0.3, -0.25) is 4.79 Å². The lowest BCUT2D eigenvalue weighted by Gasteiger charge is -2.21. The summed E-state index contributed by atoms with van der Waals surface area (Å²) in [5.41, 5.74) is 0. The Labute approximate surface area is 343 Å². The van der Waals surface area contributed by atoms with Gasteiger partial charge in [0.1, 0.15) is 0 Å². The number of carbonyl (C=O) groups excluding carboxylic acids is 1. The largest absolute Gasteiger partial charge is 0.394 e. The Hall–Kier alpha value is -1.17. The fourth-order valence-corrected chi connectivity index (χ4v) is 7.69. The van der Waals surface area contributed by atoms with Gasteiger partial charge in [-0.05, 0) is 44.9 Å². The number of unbranched alkanes of at least 4 members (excludes halogenated alkanes) is 34. The number of carbonyl (C=O) groups is 1. The molecule has 1 amide bonds. The molecule has 0 heterocycles. The molecule has 0 aliphatic carbocycles. The molecular weight excluding hydrogens is 679 g/mol. The van der Waals surface area contributed by atoms with Gasteiger partial charge in [-0.1, -0.05) is 237 Å². The summed E-state index contributed by atoms with van der Waals surface area (Å²) in [5.74, 6) is -0.314. The number of amides is 1. The van der Waals surface area contributed by atoms with E-state index in [4.69, 9.17) is 0 Å². The Morgan fingerprint density at radius 3 is 1.11 bits per heavy atom. The Kier molecular flexibility index (Phi) is 44.6. The van der Waals surface area contributed by atoms with Crippen LogP contribution < -0.4 is 5.32 Å². The van der Waals surface area contributed by atoms with Crippen LogP contribution in [0.2, 0.25) is 0 Å². The summed E-state index contributed by atoms with van der Waals surface area (Å²) in [6.07, 6.45) is 56.3. The Morgan fingerprint density at radius 1 is 0.455 bits per heavy atom. The molecule has 0 radical (unpaired) electrons. The van der Waals surface area contributed by atoms with E-state index in [-0.39, 0.29) is 18.9 Å². The molecule has 0 aliphatic rings. The van der Waals surface area contributed by atoms with Crippen molar-refractivity contribution in [2.75, 3.05) is 6.61 Å². The zero-order chi connectivity index (χ0) is 40.1. The molecule has 0 aliphatic heterocycles. The SMILES string of the molecule is CCCCCCCCCCCCCC/C=C\CCCCCCCCCCCCC(O)CC(=O)NC(CO)C(O)/C=C/CCCCCCCCCCCCCC. The second-order valence-corrected chi connectivity index (χ2v) is 17.1. The number of aliphatic hydroxyl groups is 3. The highest BCUT2D eigenvalue weighted by Gasteiger charge is 2.20. The molecule has 0 aromatic rings. The number of aliphatic hydroxyl groups excluding tert-OH is 3. The number of rotatable bonds is 45. The highest BCUT2D eigenvalue weighted by molar-refractivity contribution is 5.76. The Balaban J connectivity index is 3.57. The predicted octanol–water partition coefficient (Wildman–Crippen LogP) is 14.6. The van der Waals surface area contributed by atoms with E-state index in [0.717, 1.165) is 25.7 Å². The first kappa shape index (κ1) is 53.8. The molecule has 3 unspecified atom stereocenters. The Morgan fingerprint density at radius 2 is 0.764 bits per heavy atom. The molecule has 0 aromatic carbocycles. The van der Waals surface area contributed by atoms with Gasteiger partial charge in [0.25, 0.3) is 0 Å². The number of allylic oxidation sites excluding steroid dienone is 3. The maximum Gasteiger partial charge on any atom is 0.222 e. The van der Waals surface area contributed by atoms with Crippen molar-refractivity contribution >= 4 is 5.91 Å². The van der Waals surface area contributed by atoms with E-state index in [0.29, 0.717) is 6.42 Å². The van der Waals surface area contributed by atoms with E-state index in [1.54, 1.807) is 6.08 Å². The van der Waals surface area contributed by atoms with Gasteiger partial charge in [0.15, 0.2) is 0 Å². The fraction of sp³-hybridized carbons (Fsp3) is 0.900. The quantitative estimate of drug-likeness (QED) is 0.0366. The molecule has 0 rings (SSSR count). The van der Waals surface area contributed by atoms with Crippen LogP contribution in [0.15, 0.2) is 24.3 Å².